The van der Waals surface area contributed by atoms with Crippen molar-refractivity contribution in [3.63, 3.8) is 0 Å². The Morgan fingerprint density at radius 2 is 1.64 bits per heavy atom. The highest BCUT2D eigenvalue weighted by atomic mass is 19.1. The van der Waals surface area contributed by atoms with Crippen LogP contribution in [0, 0.1) is 41.3 Å². The van der Waals surface area contributed by atoms with E-state index in [4.69, 9.17) is 9.47 Å². The van der Waals surface area contributed by atoms with Crippen molar-refractivity contribution in [2.45, 2.75) is 6.42 Å². The first-order valence-electron chi connectivity index (χ1n) is 11.1. The van der Waals surface area contributed by atoms with Crippen LogP contribution in [0.3, 0.4) is 0 Å². The lowest BCUT2D eigenvalue weighted by Gasteiger charge is -2.37. The van der Waals surface area contributed by atoms with Crippen molar-refractivity contribution < 1.29 is 28.2 Å². The highest BCUT2D eigenvalue weighted by Gasteiger charge is 2.67. The van der Waals surface area contributed by atoms with Gasteiger partial charge >= 0.3 is 0 Å². The third kappa shape index (κ3) is 3.02. The minimum absolute atomic E-state index is 0.0646. The van der Waals surface area contributed by atoms with E-state index < -0.39 is 5.82 Å². The predicted octanol–water partition coefficient (Wildman–Crippen LogP) is 3.65. The average Bonchev–Trinajstić information content (AvgIpc) is 3.61. The molecule has 2 amide bonds. The molecule has 7 rings (SSSR count). The Bertz CT molecular complexity index is 1170. The number of carbonyl (C=O) groups is 3. The minimum atomic E-state index is -0.617. The smallest absolute Gasteiger partial charge is 0.238 e. The minimum Gasteiger partial charge on any atom is -0.494 e. The van der Waals surface area contributed by atoms with Gasteiger partial charge in [0.1, 0.15) is 5.75 Å². The number of methoxy groups -OCH3 is 1. The SMILES string of the molecule is COc1ccc(C(=O)COc2ccc(N3C(=O)[C@@H]4[C@@H]5C=C[C@@H]([C@H]6C[C@@H]56)[C@@H]4C3=O)cc2)cc1F. The number of anilines is 1. The average molecular weight is 447 g/mol. The second kappa shape index (κ2) is 7.27. The Morgan fingerprint density at radius 3 is 2.21 bits per heavy atom. The fourth-order valence-electron chi connectivity index (χ4n) is 5.97. The molecule has 2 aromatic carbocycles. The maximum Gasteiger partial charge on any atom is 0.238 e. The zero-order chi connectivity index (χ0) is 22.9. The number of Topliss-reactive ketones (excluding diaryl/α,β-unsaturated/α-hetero) is 1. The van der Waals surface area contributed by atoms with Crippen LogP contribution in [0.5, 0.6) is 11.5 Å². The molecule has 1 heterocycles. The summed E-state index contributed by atoms with van der Waals surface area (Å²) in [5.41, 5.74) is 0.699. The molecule has 3 fully saturated rings. The Kier molecular flexibility index (Phi) is 4.44. The summed E-state index contributed by atoms with van der Waals surface area (Å²) in [6.07, 6.45) is 5.43. The fourth-order valence-corrected chi connectivity index (χ4v) is 5.97. The number of hydrogen-bond donors (Lipinski definition) is 0. The quantitative estimate of drug-likeness (QED) is 0.384. The summed E-state index contributed by atoms with van der Waals surface area (Å²) in [7, 11) is 1.35. The van der Waals surface area contributed by atoms with Gasteiger partial charge in [-0.15, -0.1) is 0 Å². The molecule has 0 unspecified atom stereocenters. The summed E-state index contributed by atoms with van der Waals surface area (Å²) in [5.74, 6) is 0.270. The van der Waals surface area contributed by atoms with Gasteiger partial charge in [0, 0.05) is 5.56 Å². The number of rotatable bonds is 6. The van der Waals surface area contributed by atoms with Gasteiger partial charge in [-0.05, 0) is 72.6 Å². The van der Waals surface area contributed by atoms with Crippen LogP contribution in [0.1, 0.15) is 16.8 Å². The largest absolute Gasteiger partial charge is 0.494 e. The van der Waals surface area contributed by atoms with Crippen molar-refractivity contribution in [3.05, 3.63) is 66.0 Å². The summed E-state index contributed by atoms with van der Waals surface area (Å²) in [4.78, 5) is 40.0. The summed E-state index contributed by atoms with van der Waals surface area (Å²) in [5, 5.41) is 0. The standard InChI is InChI=1S/C26H22FNO5/c1-32-22-9-2-13(10-20(22)27)21(29)12-33-15-5-3-14(4-6-15)28-25(30)23-16-7-8-17(19-11-18(16)19)24(23)26(28)31/h2-10,16-19,23-24H,11-12H2,1H3/t16-,17+,18+,19-,23-,24+. The lowest BCUT2D eigenvalue weighted by molar-refractivity contribution is -0.124. The Hall–Kier alpha value is -3.48. The fraction of sp³-hybridized carbons (Fsp3) is 0.346. The third-order valence-corrected chi connectivity index (χ3v) is 7.60. The van der Waals surface area contributed by atoms with Gasteiger partial charge < -0.3 is 9.47 Å². The van der Waals surface area contributed by atoms with E-state index in [-0.39, 0.29) is 59.2 Å². The lowest BCUT2D eigenvalue weighted by atomic mass is 9.63. The van der Waals surface area contributed by atoms with Crippen LogP contribution >= 0.6 is 0 Å². The van der Waals surface area contributed by atoms with Gasteiger partial charge in [0.15, 0.2) is 24.0 Å². The summed E-state index contributed by atoms with van der Waals surface area (Å²) >= 11 is 0. The Balaban J connectivity index is 1.14. The molecule has 33 heavy (non-hydrogen) atoms. The topological polar surface area (TPSA) is 72.9 Å². The second-order valence-corrected chi connectivity index (χ2v) is 9.22. The first kappa shape index (κ1) is 20.1. The third-order valence-electron chi connectivity index (χ3n) is 7.60. The molecule has 2 bridgehead atoms. The number of halogens is 1. The molecule has 0 radical (unpaired) electrons. The van der Waals surface area contributed by atoms with Gasteiger partial charge in [-0.3, -0.25) is 19.3 Å². The van der Waals surface area contributed by atoms with Crippen LogP contribution in [0.15, 0.2) is 54.6 Å². The van der Waals surface area contributed by atoms with Gasteiger partial charge in [-0.2, -0.15) is 0 Å². The van der Waals surface area contributed by atoms with Crippen LogP contribution < -0.4 is 14.4 Å². The monoisotopic (exact) mass is 447 g/mol. The molecule has 1 aliphatic heterocycles. The number of benzene rings is 2. The predicted molar refractivity (Wildman–Crippen MR) is 116 cm³/mol. The lowest BCUT2D eigenvalue weighted by Crippen LogP contribution is -2.40. The summed E-state index contributed by atoms with van der Waals surface area (Å²) in [6, 6.07) is 10.6. The molecule has 168 valence electrons. The zero-order valence-corrected chi connectivity index (χ0v) is 17.9. The molecular weight excluding hydrogens is 425 g/mol. The molecule has 0 spiro atoms. The molecule has 4 aliphatic carbocycles. The molecule has 0 aromatic heterocycles. The van der Waals surface area contributed by atoms with Crippen LogP contribution in [-0.2, 0) is 9.59 Å². The van der Waals surface area contributed by atoms with E-state index in [1.54, 1.807) is 24.3 Å². The number of carbonyl (C=O) groups excluding carboxylic acids is 3. The summed E-state index contributed by atoms with van der Waals surface area (Å²) < 4.78 is 24.2. The maximum absolute atomic E-state index is 13.8. The van der Waals surface area contributed by atoms with Gasteiger partial charge in [0.05, 0.1) is 24.6 Å². The van der Waals surface area contributed by atoms with Crippen LogP contribution in [-0.4, -0.2) is 31.3 Å². The zero-order valence-electron chi connectivity index (χ0n) is 17.9. The van der Waals surface area contributed by atoms with Crippen LogP contribution in [0.2, 0.25) is 0 Å². The molecule has 2 saturated carbocycles. The van der Waals surface area contributed by atoms with Crippen molar-refractivity contribution in [3.8, 4) is 11.5 Å². The van der Waals surface area contributed by atoms with E-state index in [0.29, 0.717) is 23.3 Å². The molecule has 6 atom stereocenters. The first-order chi connectivity index (χ1) is 16.0. The van der Waals surface area contributed by atoms with Gasteiger partial charge in [-0.25, -0.2) is 4.39 Å². The molecule has 2 aromatic rings. The van der Waals surface area contributed by atoms with E-state index in [1.165, 1.54) is 24.1 Å². The molecule has 7 heteroatoms. The number of allylic oxidation sites excluding steroid dienone is 2. The number of hydrogen-bond acceptors (Lipinski definition) is 5. The van der Waals surface area contributed by atoms with E-state index in [1.807, 2.05) is 0 Å². The van der Waals surface area contributed by atoms with Crippen LogP contribution in [0.4, 0.5) is 10.1 Å². The highest BCUT2D eigenvalue weighted by Crippen LogP contribution is 2.65. The van der Waals surface area contributed by atoms with Gasteiger partial charge in [-0.1, -0.05) is 12.2 Å². The number of ketones is 1. The maximum atomic E-state index is 13.8. The Labute approximate surface area is 190 Å². The number of amides is 2. The Morgan fingerprint density at radius 1 is 1.00 bits per heavy atom. The van der Waals surface area contributed by atoms with Crippen molar-refractivity contribution >= 4 is 23.3 Å². The van der Waals surface area contributed by atoms with Gasteiger partial charge in [0.2, 0.25) is 11.8 Å². The van der Waals surface area contributed by atoms with Gasteiger partial charge in [0.25, 0.3) is 0 Å². The highest BCUT2D eigenvalue weighted by molar-refractivity contribution is 6.22. The molecule has 1 saturated heterocycles. The van der Waals surface area contributed by atoms with E-state index in [9.17, 15) is 18.8 Å². The van der Waals surface area contributed by atoms with E-state index >= 15 is 0 Å². The number of ether oxygens (including phenoxy) is 2. The molecular formula is C26H22FNO5. The van der Waals surface area contributed by atoms with Crippen molar-refractivity contribution in [2.24, 2.45) is 35.5 Å². The van der Waals surface area contributed by atoms with E-state index in [0.717, 1.165) is 12.5 Å². The molecule has 5 aliphatic rings. The first-order valence-corrected chi connectivity index (χ1v) is 11.1. The summed E-state index contributed by atoms with van der Waals surface area (Å²) in [6.45, 7) is -0.269. The van der Waals surface area contributed by atoms with Crippen LogP contribution in [0.25, 0.3) is 0 Å². The number of imide groups is 1. The second-order valence-electron chi connectivity index (χ2n) is 9.22. The normalized spacial score (nSPS) is 30.8. The van der Waals surface area contributed by atoms with Crippen molar-refractivity contribution in [1.29, 1.82) is 0 Å². The van der Waals surface area contributed by atoms with Crippen molar-refractivity contribution in [1.82, 2.24) is 0 Å². The van der Waals surface area contributed by atoms with E-state index in [2.05, 4.69) is 12.2 Å². The number of nitrogens with zero attached hydrogens (tertiary/aromatic N) is 1. The molecule has 6 nitrogen and oxygen atoms in total. The molecule has 0 N–H and O–H groups in total. The van der Waals surface area contributed by atoms with Crippen molar-refractivity contribution in [2.75, 3.05) is 18.6 Å².